The number of benzene rings is 1. The maximum absolute atomic E-state index is 10.4. The number of pyridine rings is 1. The molecule has 3 heteroatoms. The molecule has 19 heavy (non-hydrogen) atoms. The van der Waals surface area contributed by atoms with Gasteiger partial charge < -0.3 is 9.84 Å². The number of hydrogen-bond acceptors (Lipinski definition) is 3. The van der Waals surface area contributed by atoms with E-state index in [4.69, 9.17) is 4.74 Å². The summed E-state index contributed by atoms with van der Waals surface area (Å²) in [7, 11) is 0. The highest BCUT2D eigenvalue weighted by atomic mass is 16.5. The minimum atomic E-state index is -0.651. The summed E-state index contributed by atoms with van der Waals surface area (Å²) in [6, 6.07) is 11.3. The lowest BCUT2D eigenvalue weighted by molar-refractivity contribution is 0.218. The Kier molecular flexibility index (Phi) is 4.17. The molecule has 0 aliphatic heterocycles. The largest absolute Gasteiger partial charge is 0.491 e. The first-order valence-electron chi connectivity index (χ1n) is 6.44. The molecule has 0 spiro atoms. The highest BCUT2D eigenvalue weighted by molar-refractivity contribution is 5.35. The molecule has 0 aliphatic rings. The van der Waals surface area contributed by atoms with Crippen molar-refractivity contribution in [1.29, 1.82) is 0 Å². The molecular weight excluding hydrogens is 238 g/mol. The van der Waals surface area contributed by atoms with Crippen LogP contribution in [0.25, 0.3) is 0 Å². The van der Waals surface area contributed by atoms with E-state index in [0.717, 1.165) is 22.6 Å². The minimum absolute atomic E-state index is 0.149. The van der Waals surface area contributed by atoms with Gasteiger partial charge in [0, 0.05) is 17.5 Å². The Morgan fingerprint density at radius 2 is 1.79 bits per heavy atom. The summed E-state index contributed by atoms with van der Waals surface area (Å²) in [4.78, 5) is 4.20. The molecule has 3 nitrogen and oxygen atoms in total. The van der Waals surface area contributed by atoms with Gasteiger partial charge >= 0.3 is 0 Å². The Labute approximate surface area is 113 Å². The van der Waals surface area contributed by atoms with E-state index in [9.17, 15) is 5.11 Å². The fraction of sp³-hybridized carbons (Fsp3) is 0.312. The van der Waals surface area contributed by atoms with Crippen LogP contribution in [0.2, 0.25) is 0 Å². The summed E-state index contributed by atoms with van der Waals surface area (Å²) in [6.45, 7) is 5.87. The average molecular weight is 257 g/mol. The molecule has 0 fully saturated rings. The summed E-state index contributed by atoms with van der Waals surface area (Å²) in [5.41, 5.74) is 2.52. The fourth-order valence-electron chi connectivity index (χ4n) is 1.97. The SMILES string of the molecule is Cc1ncccc1C(O)c1ccc(OC(C)C)cc1. The van der Waals surface area contributed by atoms with E-state index < -0.39 is 6.10 Å². The van der Waals surface area contributed by atoms with E-state index in [0.29, 0.717) is 0 Å². The summed E-state index contributed by atoms with van der Waals surface area (Å²) in [6.07, 6.45) is 1.23. The third kappa shape index (κ3) is 3.32. The predicted octanol–water partition coefficient (Wildman–Crippen LogP) is 3.26. The average Bonchev–Trinajstić information content (AvgIpc) is 2.39. The lowest BCUT2D eigenvalue weighted by Gasteiger charge is -2.15. The quantitative estimate of drug-likeness (QED) is 0.914. The Balaban J connectivity index is 2.20. The molecule has 1 N–H and O–H groups in total. The zero-order valence-corrected chi connectivity index (χ0v) is 11.5. The van der Waals surface area contributed by atoms with Crippen molar-refractivity contribution in [2.45, 2.75) is 33.0 Å². The van der Waals surface area contributed by atoms with Gasteiger partial charge in [-0.3, -0.25) is 4.98 Å². The lowest BCUT2D eigenvalue weighted by atomic mass is 10.0. The molecule has 1 heterocycles. The van der Waals surface area contributed by atoms with Gasteiger partial charge in [0.25, 0.3) is 0 Å². The fourth-order valence-corrected chi connectivity index (χ4v) is 1.97. The van der Waals surface area contributed by atoms with Gasteiger partial charge in [-0.1, -0.05) is 18.2 Å². The van der Waals surface area contributed by atoms with Crippen molar-refractivity contribution in [2.75, 3.05) is 0 Å². The molecule has 0 amide bonds. The van der Waals surface area contributed by atoms with Crippen molar-refractivity contribution >= 4 is 0 Å². The van der Waals surface area contributed by atoms with E-state index >= 15 is 0 Å². The summed E-state index contributed by atoms with van der Waals surface area (Å²) >= 11 is 0. The molecule has 2 rings (SSSR count). The standard InChI is InChI=1S/C16H19NO2/c1-11(2)19-14-8-6-13(7-9-14)16(18)15-5-4-10-17-12(15)3/h4-11,16,18H,1-3H3. The Hall–Kier alpha value is -1.87. The number of ether oxygens (including phenoxy) is 1. The van der Waals surface area contributed by atoms with Gasteiger partial charge in [0.2, 0.25) is 0 Å². The highest BCUT2D eigenvalue weighted by Gasteiger charge is 2.13. The Morgan fingerprint density at radius 3 is 2.37 bits per heavy atom. The molecule has 2 aromatic rings. The van der Waals surface area contributed by atoms with Crippen LogP contribution in [0.15, 0.2) is 42.6 Å². The van der Waals surface area contributed by atoms with E-state index in [1.54, 1.807) is 6.20 Å². The third-order valence-electron chi connectivity index (χ3n) is 2.91. The number of rotatable bonds is 4. The number of nitrogens with zero attached hydrogens (tertiary/aromatic N) is 1. The van der Waals surface area contributed by atoms with Gasteiger partial charge in [0.1, 0.15) is 11.9 Å². The smallest absolute Gasteiger partial charge is 0.119 e. The van der Waals surface area contributed by atoms with Crippen LogP contribution < -0.4 is 4.74 Å². The summed E-state index contributed by atoms with van der Waals surface area (Å²) < 4.78 is 5.58. The first-order chi connectivity index (χ1) is 9.08. The monoisotopic (exact) mass is 257 g/mol. The maximum atomic E-state index is 10.4. The molecule has 0 aliphatic carbocycles. The second kappa shape index (κ2) is 5.85. The van der Waals surface area contributed by atoms with Gasteiger partial charge in [0.15, 0.2) is 0 Å². The van der Waals surface area contributed by atoms with Crippen LogP contribution in [0.3, 0.4) is 0 Å². The van der Waals surface area contributed by atoms with Crippen molar-refractivity contribution in [3.8, 4) is 5.75 Å². The van der Waals surface area contributed by atoms with Crippen LogP contribution in [0, 0.1) is 6.92 Å². The van der Waals surface area contributed by atoms with Crippen molar-refractivity contribution < 1.29 is 9.84 Å². The van der Waals surface area contributed by atoms with Crippen LogP contribution in [0.5, 0.6) is 5.75 Å². The number of aliphatic hydroxyl groups excluding tert-OH is 1. The number of aliphatic hydroxyl groups is 1. The predicted molar refractivity (Wildman–Crippen MR) is 75.2 cm³/mol. The zero-order chi connectivity index (χ0) is 13.8. The topological polar surface area (TPSA) is 42.4 Å². The van der Waals surface area contributed by atoms with E-state index in [-0.39, 0.29) is 6.10 Å². The van der Waals surface area contributed by atoms with Crippen molar-refractivity contribution in [2.24, 2.45) is 0 Å². The van der Waals surface area contributed by atoms with Crippen LogP contribution in [0.1, 0.15) is 36.8 Å². The van der Waals surface area contributed by atoms with Crippen LogP contribution in [0.4, 0.5) is 0 Å². The number of hydrogen-bond donors (Lipinski definition) is 1. The highest BCUT2D eigenvalue weighted by Crippen LogP contribution is 2.25. The van der Waals surface area contributed by atoms with Crippen molar-refractivity contribution in [1.82, 2.24) is 4.98 Å². The van der Waals surface area contributed by atoms with E-state index in [2.05, 4.69) is 4.98 Å². The first-order valence-corrected chi connectivity index (χ1v) is 6.44. The molecule has 0 saturated heterocycles. The molecule has 100 valence electrons. The van der Waals surface area contributed by atoms with Gasteiger partial charge in [0.05, 0.1) is 6.10 Å². The second-order valence-corrected chi connectivity index (χ2v) is 4.82. The van der Waals surface area contributed by atoms with Gasteiger partial charge in [-0.25, -0.2) is 0 Å². The van der Waals surface area contributed by atoms with Gasteiger partial charge in [-0.15, -0.1) is 0 Å². The van der Waals surface area contributed by atoms with Crippen LogP contribution in [-0.4, -0.2) is 16.2 Å². The molecule has 1 atom stereocenters. The Morgan fingerprint density at radius 1 is 1.11 bits per heavy atom. The molecule has 0 bridgehead atoms. The van der Waals surface area contributed by atoms with Gasteiger partial charge in [-0.05, 0) is 44.5 Å². The third-order valence-corrected chi connectivity index (χ3v) is 2.91. The first kappa shape index (κ1) is 13.6. The zero-order valence-electron chi connectivity index (χ0n) is 11.5. The van der Waals surface area contributed by atoms with Crippen LogP contribution >= 0.6 is 0 Å². The number of aryl methyl sites for hydroxylation is 1. The maximum Gasteiger partial charge on any atom is 0.119 e. The Bertz CT molecular complexity index is 535. The van der Waals surface area contributed by atoms with E-state index in [1.807, 2.05) is 57.2 Å². The molecule has 1 aromatic heterocycles. The van der Waals surface area contributed by atoms with E-state index in [1.165, 1.54) is 0 Å². The molecule has 1 unspecified atom stereocenters. The normalized spacial score (nSPS) is 12.5. The number of aromatic nitrogens is 1. The summed E-state index contributed by atoms with van der Waals surface area (Å²) in [5, 5.41) is 10.4. The molecular formula is C16H19NO2. The molecule has 0 radical (unpaired) electrons. The van der Waals surface area contributed by atoms with Gasteiger partial charge in [-0.2, -0.15) is 0 Å². The van der Waals surface area contributed by atoms with Crippen LogP contribution in [-0.2, 0) is 0 Å². The molecule has 0 saturated carbocycles. The molecule has 1 aromatic carbocycles. The lowest BCUT2D eigenvalue weighted by Crippen LogP contribution is -2.06. The van der Waals surface area contributed by atoms with Crippen molar-refractivity contribution in [3.05, 3.63) is 59.4 Å². The minimum Gasteiger partial charge on any atom is -0.491 e. The van der Waals surface area contributed by atoms with Crippen molar-refractivity contribution in [3.63, 3.8) is 0 Å². The summed E-state index contributed by atoms with van der Waals surface area (Å²) in [5.74, 6) is 0.814. The second-order valence-electron chi connectivity index (χ2n) is 4.82.